The van der Waals surface area contributed by atoms with Gasteiger partial charge in [0.25, 0.3) is 0 Å². The number of hydrogen-bond donors (Lipinski definition) is 1. The highest BCUT2D eigenvalue weighted by Gasteiger charge is 2.10. The first kappa shape index (κ1) is 9.75. The Balaban J connectivity index is 2.61. The largest absolute Gasteiger partial charge is 0.396 e. The third kappa shape index (κ3) is 1.60. The van der Waals surface area contributed by atoms with Crippen LogP contribution in [0.1, 0.15) is 10.4 Å². The first-order chi connectivity index (χ1) is 7.24. The van der Waals surface area contributed by atoms with Crippen LogP contribution in [0.5, 0.6) is 0 Å². The summed E-state index contributed by atoms with van der Waals surface area (Å²) in [5.74, 6) is 0. The van der Waals surface area contributed by atoms with Crippen LogP contribution in [0.3, 0.4) is 0 Å². The first-order valence-corrected chi connectivity index (χ1v) is 5.45. The molecule has 0 saturated carbocycles. The summed E-state index contributed by atoms with van der Waals surface area (Å²) in [4.78, 5) is 0.591. The lowest BCUT2D eigenvalue weighted by Gasteiger charge is -2.04. The normalized spacial score (nSPS) is 9.87. The van der Waals surface area contributed by atoms with Crippen molar-refractivity contribution in [3.63, 3.8) is 0 Å². The molecule has 2 rings (SSSR count). The number of rotatable bonds is 1. The molecule has 2 aromatic rings. The van der Waals surface area contributed by atoms with E-state index in [0.717, 1.165) is 11.1 Å². The fraction of sp³-hybridized carbons (Fsp3) is 0.0833. The lowest BCUT2D eigenvalue weighted by atomic mass is 10.0. The highest BCUT2D eigenvalue weighted by molar-refractivity contribution is 7.11. The van der Waals surface area contributed by atoms with Gasteiger partial charge in [-0.25, -0.2) is 0 Å². The van der Waals surface area contributed by atoms with Gasteiger partial charge < -0.3 is 5.73 Å². The fourth-order valence-corrected chi connectivity index (χ4v) is 2.32. The van der Waals surface area contributed by atoms with Crippen molar-refractivity contribution in [3.05, 3.63) is 40.1 Å². The molecule has 0 radical (unpaired) electrons. The predicted molar refractivity (Wildman–Crippen MR) is 63.6 cm³/mol. The van der Waals surface area contributed by atoms with Gasteiger partial charge in [0.1, 0.15) is 10.9 Å². The summed E-state index contributed by atoms with van der Waals surface area (Å²) in [6, 6.07) is 10.1. The molecule has 1 aromatic carbocycles. The van der Waals surface area contributed by atoms with E-state index in [4.69, 9.17) is 11.0 Å². The highest BCUT2D eigenvalue weighted by atomic mass is 32.1. The van der Waals surface area contributed by atoms with Crippen LogP contribution < -0.4 is 5.73 Å². The molecule has 0 saturated heterocycles. The van der Waals surface area contributed by atoms with Crippen LogP contribution in [0, 0.1) is 18.3 Å². The van der Waals surface area contributed by atoms with E-state index in [0.29, 0.717) is 10.6 Å². The predicted octanol–water partition coefficient (Wildman–Crippen LogP) is 3.18. The summed E-state index contributed by atoms with van der Waals surface area (Å²) in [7, 11) is 0. The molecule has 0 unspecified atom stereocenters. The number of benzene rings is 1. The minimum Gasteiger partial charge on any atom is -0.396 e. The zero-order chi connectivity index (χ0) is 10.8. The van der Waals surface area contributed by atoms with E-state index in [1.165, 1.54) is 16.9 Å². The minimum atomic E-state index is 0.591. The number of nitriles is 1. The average molecular weight is 214 g/mol. The number of anilines is 1. The number of hydrogen-bond acceptors (Lipinski definition) is 3. The Morgan fingerprint density at radius 3 is 2.60 bits per heavy atom. The van der Waals surface area contributed by atoms with Gasteiger partial charge in [0.05, 0.1) is 5.69 Å². The van der Waals surface area contributed by atoms with E-state index >= 15 is 0 Å². The number of aryl methyl sites for hydroxylation is 1. The molecule has 2 N–H and O–H groups in total. The zero-order valence-corrected chi connectivity index (χ0v) is 9.14. The van der Waals surface area contributed by atoms with Crippen LogP contribution in [-0.4, -0.2) is 0 Å². The molecule has 2 nitrogen and oxygen atoms in total. The number of thiophene rings is 1. The molecule has 0 aliphatic heterocycles. The van der Waals surface area contributed by atoms with Gasteiger partial charge in [0.15, 0.2) is 0 Å². The van der Waals surface area contributed by atoms with Crippen LogP contribution in [0.4, 0.5) is 5.69 Å². The Bertz CT molecular complexity index is 535. The lowest BCUT2D eigenvalue weighted by Crippen LogP contribution is -1.89. The van der Waals surface area contributed by atoms with E-state index in [1.807, 2.05) is 36.6 Å². The molecule has 1 heterocycles. The molecule has 0 atom stereocenters. The third-order valence-electron chi connectivity index (χ3n) is 2.37. The van der Waals surface area contributed by atoms with Gasteiger partial charge in [-0.3, -0.25) is 0 Å². The third-order valence-corrected chi connectivity index (χ3v) is 3.27. The number of nitrogen functional groups attached to an aromatic ring is 1. The molecule has 15 heavy (non-hydrogen) atoms. The van der Waals surface area contributed by atoms with Crippen LogP contribution in [-0.2, 0) is 0 Å². The van der Waals surface area contributed by atoms with Gasteiger partial charge in [-0.1, -0.05) is 24.3 Å². The van der Waals surface area contributed by atoms with Gasteiger partial charge in [0.2, 0.25) is 0 Å². The second kappa shape index (κ2) is 3.76. The summed E-state index contributed by atoms with van der Waals surface area (Å²) in [6.07, 6.45) is 0. The van der Waals surface area contributed by atoms with Gasteiger partial charge in [0, 0.05) is 10.9 Å². The van der Waals surface area contributed by atoms with E-state index in [2.05, 4.69) is 6.07 Å². The first-order valence-electron chi connectivity index (χ1n) is 4.57. The maximum absolute atomic E-state index is 8.83. The monoisotopic (exact) mass is 214 g/mol. The molecular formula is C12H10N2S. The molecule has 74 valence electrons. The van der Waals surface area contributed by atoms with Crippen molar-refractivity contribution >= 4 is 17.0 Å². The highest BCUT2D eigenvalue weighted by Crippen LogP contribution is 2.34. The Hall–Kier alpha value is -1.79. The summed E-state index contributed by atoms with van der Waals surface area (Å²) in [5, 5.41) is 10.8. The van der Waals surface area contributed by atoms with E-state index in [-0.39, 0.29) is 0 Å². The van der Waals surface area contributed by atoms with Crippen LogP contribution in [0.15, 0.2) is 29.6 Å². The van der Waals surface area contributed by atoms with E-state index in [9.17, 15) is 0 Å². The summed E-state index contributed by atoms with van der Waals surface area (Å²) in [6.45, 7) is 2.04. The molecule has 0 aliphatic rings. The van der Waals surface area contributed by atoms with Gasteiger partial charge in [-0.15, -0.1) is 11.3 Å². The molecule has 0 spiro atoms. The lowest BCUT2D eigenvalue weighted by molar-refractivity contribution is 1.47. The standard InChI is InChI=1S/C12H10N2S/c1-8-4-2-3-5-9(8)10-7-15-11(6-13)12(10)14/h2-5,7H,14H2,1H3. The SMILES string of the molecule is Cc1ccccc1-c1csc(C#N)c1N. The van der Waals surface area contributed by atoms with Crippen molar-refractivity contribution in [1.29, 1.82) is 5.26 Å². The van der Waals surface area contributed by atoms with Crippen molar-refractivity contribution < 1.29 is 0 Å². The van der Waals surface area contributed by atoms with E-state index < -0.39 is 0 Å². The Kier molecular flexibility index (Phi) is 2.44. The molecule has 0 fully saturated rings. The second-order valence-corrected chi connectivity index (χ2v) is 4.20. The van der Waals surface area contributed by atoms with Crippen molar-refractivity contribution in [2.75, 3.05) is 5.73 Å². The Morgan fingerprint density at radius 2 is 2.00 bits per heavy atom. The van der Waals surface area contributed by atoms with Crippen LogP contribution >= 0.6 is 11.3 Å². The van der Waals surface area contributed by atoms with Crippen LogP contribution in [0.25, 0.3) is 11.1 Å². The Labute approximate surface area is 92.6 Å². The molecule has 0 aliphatic carbocycles. The van der Waals surface area contributed by atoms with Crippen molar-refractivity contribution in [2.24, 2.45) is 0 Å². The smallest absolute Gasteiger partial charge is 0.128 e. The van der Waals surface area contributed by atoms with E-state index in [1.54, 1.807) is 0 Å². The molecular weight excluding hydrogens is 204 g/mol. The summed E-state index contributed by atoms with van der Waals surface area (Å²) < 4.78 is 0. The zero-order valence-electron chi connectivity index (χ0n) is 8.32. The molecule has 0 amide bonds. The van der Waals surface area contributed by atoms with Gasteiger partial charge in [-0.2, -0.15) is 5.26 Å². The average Bonchev–Trinajstić information content (AvgIpc) is 2.60. The fourth-order valence-electron chi connectivity index (χ4n) is 1.54. The maximum atomic E-state index is 8.83. The van der Waals surface area contributed by atoms with Crippen LogP contribution in [0.2, 0.25) is 0 Å². The summed E-state index contributed by atoms with van der Waals surface area (Å²) >= 11 is 1.39. The second-order valence-electron chi connectivity index (χ2n) is 3.32. The summed E-state index contributed by atoms with van der Waals surface area (Å²) in [5.41, 5.74) is 9.74. The quantitative estimate of drug-likeness (QED) is 0.792. The minimum absolute atomic E-state index is 0.591. The number of nitrogens with two attached hydrogens (primary N) is 1. The van der Waals surface area contributed by atoms with Crippen molar-refractivity contribution in [2.45, 2.75) is 6.92 Å². The van der Waals surface area contributed by atoms with Gasteiger partial charge in [-0.05, 0) is 18.1 Å². The van der Waals surface area contributed by atoms with Crippen molar-refractivity contribution in [3.8, 4) is 17.2 Å². The Morgan fingerprint density at radius 1 is 1.27 bits per heavy atom. The van der Waals surface area contributed by atoms with Gasteiger partial charge >= 0.3 is 0 Å². The number of nitrogens with zero attached hydrogens (tertiary/aromatic N) is 1. The maximum Gasteiger partial charge on any atom is 0.128 e. The molecule has 1 aromatic heterocycles. The van der Waals surface area contributed by atoms with Crippen molar-refractivity contribution in [1.82, 2.24) is 0 Å². The molecule has 0 bridgehead atoms. The molecule has 3 heteroatoms. The topological polar surface area (TPSA) is 49.8 Å².